The van der Waals surface area contributed by atoms with Gasteiger partial charge in [-0.25, -0.2) is 0 Å². The fourth-order valence-corrected chi connectivity index (χ4v) is 2.76. The lowest BCUT2D eigenvalue weighted by Gasteiger charge is -2.16. The van der Waals surface area contributed by atoms with Crippen LogP contribution in [0.1, 0.15) is 104 Å². The highest BCUT2D eigenvalue weighted by Crippen LogP contribution is 2.23. The third kappa shape index (κ3) is 12.5. The summed E-state index contributed by atoms with van der Waals surface area (Å²) in [6, 6.07) is 0. The maximum Gasteiger partial charge on any atom is -0.0414 e. The summed E-state index contributed by atoms with van der Waals surface area (Å²) in [6.07, 6.45) is 19.7. The molecule has 0 aliphatic carbocycles. The van der Waals surface area contributed by atoms with E-state index in [4.69, 9.17) is 0 Å². The first-order valence-corrected chi connectivity index (χ1v) is 8.64. The standard InChI is InChI=1S/C18H37/c1-4-7-10-11-12-14-17-18(15-9-6-3)16-13-8-5-2/h18H,3-17H2,1-2H3. The van der Waals surface area contributed by atoms with E-state index >= 15 is 0 Å². The van der Waals surface area contributed by atoms with Crippen molar-refractivity contribution in [3.05, 3.63) is 6.92 Å². The SMILES string of the molecule is [CH2]CCCC(CCCCC)CCCCCCCC. The van der Waals surface area contributed by atoms with Crippen LogP contribution in [0.3, 0.4) is 0 Å². The third-order valence-corrected chi connectivity index (χ3v) is 4.04. The smallest absolute Gasteiger partial charge is 0.0414 e. The summed E-state index contributed by atoms with van der Waals surface area (Å²) in [7, 11) is 0. The monoisotopic (exact) mass is 253 g/mol. The molecule has 0 bridgehead atoms. The van der Waals surface area contributed by atoms with Crippen molar-refractivity contribution in [3.63, 3.8) is 0 Å². The number of hydrogen-bond acceptors (Lipinski definition) is 0. The van der Waals surface area contributed by atoms with Gasteiger partial charge >= 0.3 is 0 Å². The van der Waals surface area contributed by atoms with Gasteiger partial charge in [-0.1, -0.05) is 111 Å². The Labute approximate surface area is 117 Å². The Morgan fingerprint density at radius 3 is 1.67 bits per heavy atom. The van der Waals surface area contributed by atoms with Crippen LogP contribution in [-0.2, 0) is 0 Å². The molecule has 1 atom stereocenters. The predicted molar refractivity (Wildman–Crippen MR) is 84.8 cm³/mol. The molecule has 0 aromatic heterocycles. The fourth-order valence-electron chi connectivity index (χ4n) is 2.76. The van der Waals surface area contributed by atoms with Gasteiger partial charge in [0.15, 0.2) is 0 Å². The first-order chi connectivity index (χ1) is 8.85. The molecule has 0 saturated heterocycles. The number of rotatable bonds is 14. The van der Waals surface area contributed by atoms with Crippen molar-refractivity contribution in [2.24, 2.45) is 5.92 Å². The van der Waals surface area contributed by atoms with Crippen LogP contribution in [0, 0.1) is 12.8 Å². The Morgan fingerprint density at radius 1 is 0.611 bits per heavy atom. The summed E-state index contributed by atoms with van der Waals surface area (Å²) in [5, 5.41) is 0. The zero-order chi connectivity index (χ0) is 13.5. The molecule has 0 heteroatoms. The van der Waals surface area contributed by atoms with Gasteiger partial charge in [-0.05, 0) is 5.92 Å². The Balaban J connectivity index is 3.51. The predicted octanol–water partition coefficient (Wildman–Crippen LogP) is 6.94. The van der Waals surface area contributed by atoms with E-state index in [1.165, 1.54) is 83.5 Å². The lowest BCUT2D eigenvalue weighted by atomic mass is 9.90. The van der Waals surface area contributed by atoms with E-state index in [0.29, 0.717) is 0 Å². The van der Waals surface area contributed by atoms with Crippen molar-refractivity contribution in [1.29, 1.82) is 0 Å². The van der Waals surface area contributed by atoms with Crippen molar-refractivity contribution in [3.8, 4) is 0 Å². The third-order valence-electron chi connectivity index (χ3n) is 4.04. The second-order valence-corrected chi connectivity index (χ2v) is 5.91. The molecule has 0 aliphatic rings. The van der Waals surface area contributed by atoms with Gasteiger partial charge < -0.3 is 0 Å². The largest absolute Gasteiger partial charge is 0.0654 e. The highest BCUT2D eigenvalue weighted by Gasteiger charge is 2.07. The highest BCUT2D eigenvalue weighted by molar-refractivity contribution is 4.61. The molecule has 0 aliphatic heterocycles. The Bertz CT molecular complexity index is 139. The van der Waals surface area contributed by atoms with Crippen molar-refractivity contribution >= 4 is 0 Å². The molecule has 0 N–H and O–H groups in total. The molecule has 18 heavy (non-hydrogen) atoms. The van der Waals surface area contributed by atoms with Crippen LogP contribution in [0.2, 0.25) is 0 Å². The molecule has 0 amide bonds. The zero-order valence-corrected chi connectivity index (χ0v) is 13.2. The van der Waals surface area contributed by atoms with Crippen molar-refractivity contribution in [2.75, 3.05) is 0 Å². The highest BCUT2D eigenvalue weighted by atomic mass is 14.1. The first kappa shape index (κ1) is 18.0. The molecule has 109 valence electrons. The van der Waals surface area contributed by atoms with E-state index < -0.39 is 0 Å². The van der Waals surface area contributed by atoms with Crippen LogP contribution in [0.5, 0.6) is 0 Å². The minimum atomic E-state index is 1.00. The summed E-state index contributed by atoms with van der Waals surface area (Å²) in [5.74, 6) is 1.00. The van der Waals surface area contributed by atoms with E-state index in [1.54, 1.807) is 0 Å². The maximum absolute atomic E-state index is 3.98. The molecule has 1 radical (unpaired) electrons. The molecular formula is C18H37. The topological polar surface area (TPSA) is 0 Å². The number of unbranched alkanes of at least 4 members (excludes halogenated alkanes) is 8. The van der Waals surface area contributed by atoms with Crippen molar-refractivity contribution in [2.45, 2.75) is 104 Å². The quantitative estimate of drug-likeness (QED) is 0.294. The van der Waals surface area contributed by atoms with Crippen molar-refractivity contribution in [1.82, 2.24) is 0 Å². The molecule has 1 unspecified atom stereocenters. The molecular weight excluding hydrogens is 216 g/mol. The van der Waals surface area contributed by atoms with Crippen LogP contribution >= 0.6 is 0 Å². The van der Waals surface area contributed by atoms with Gasteiger partial charge in [-0.15, -0.1) is 0 Å². The van der Waals surface area contributed by atoms with E-state index in [0.717, 1.165) is 12.3 Å². The molecule has 0 nitrogen and oxygen atoms in total. The molecule has 0 aromatic carbocycles. The summed E-state index contributed by atoms with van der Waals surface area (Å²) in [6.45, 7) is 8.58. The molecule has 0 fully saturated rings. The average Bonchev–Trinajstić information content (AvgIpc) is 2.39. The maximum atomic E-state index is 3.98. The van der Waals surface area contributed by atoms with Crippen LogP contribution in [0.15, 0.2) is 0 Å². The zero-order valence-electron chi connectivity index (χ0n) is 13.2. The van der Waals surface area contributed by atoms with Crippen LogP contribution in [-0.4, -0.2) is 0 Å². The normalized spacial score (nSPS) is 12.8. The second-order valence-electron chi connectivity index (χ2n) is 5.91. The Kier molecular flexibility index (Phi) is 15.1. The van der Waals surface area contributed by atoms with Crippen LogP contribution in [0.25, 0.3) is 0 Å². The van der Waals surface area contributed by atoms with Gasteiger partial charge in [-0.2, -0.15) is 0 Å². The summed E-state index contributed by atoms with van der Waals surface area (Å²) >= 11 is 0. The fraction of sp³-hybridized carbons (Fsp3) is 0.944. The molecule has 0 spiro atoms. The minimum absolute atomic E-state index is 1.00. The number of hydrogen-bond donors (Lipinski definition) is 0. The van der Waals surface area contributed by atoms with E-state index in [-0.39, 0.29) is 0 Å². The summed E-state index contributed by atoms with van der Waals surface area (Å²) in [4.78, 5) is 0. The van der Waals surface area contributed by atoms with E-state index in [1.807, 2.05) is 0 Å². The van der Waals surface area contributed by atoms with Gasteiger partial charge in [-0.3, -0.25) is 0 Å². The van der Waals surface area contributed by atoms with Gasteiger partial charge in [0.2, 0.25) is 0 Å². The Hall–Kier alpha value is 0. The Morgan fingerprint density at radius 2 is 1.06 bits per heavy atom. The molecule has 0 heterocycles. The lowest BCUT2D eigenvalue weighted by Crippen LogP contribution is -2.01. The minimum Gasteiger partial charge on any atom is -0.0654 e. The second kappa shape index (κ2) is 15.1. The van der Waals surface area contributed by atoms with Crippen molar-refractivity contribution < 1.29 is 0 Å². The van der Waals surface area contributed by atoms with Gasteiger partial charge in [0.05, 0.1) is 0 Å². The van der Waals surface area contributed by atoms with Gasteiger partial charge in [0, 0.05) is 0 Å². The molecule has 0 aromatic rings. The lowest BCUT2D eigenvalue weighted by molar-refractivity contribution is 0.375. The van der Waals surface area contributed by atoms with Crippen LogP contribution in [0.4, 0.5) is 0 Å². The summed E-state index contributed by atoms with van der Waals surface area (Å²) < 4.78 is 0. The van der Waals surface area contributed by atoms with E-state index in [9.17, 15) is 0 Å². The summed E-state index contributed by atoms with van der Waals surface area (Å²) in [5.41, 5.74) is 0. The molecule has 0 rings (SSSR count). The van der Waals surface area contributed by atoms with Gasteiger partial charge in [0.25, 0.3) is 0 Å². The first-order valence-electron chi connectivity index (χ1n) is 8.64. The average molecular weight is 253 g/mol. The van der Waals surface area contributed by atoms with Gasteiger partial charge in [0.1, 0.15) is 0 Å². The molecule has 0 saturated carbocycles. The van der Waals surface area contributed by atoms with E-state index in [2.05, 4.69) is 20.8 Å². The van der Waals surface area contributed by atoms with Crippen LogP contribution < -0.4 is 0 Å².